The van der Waals surface area contributed by atoms with Gasteiger partial charge in [0.25, 0.3) is 0 Å². The lowest BCUT2D eigenvalue weighted by Gasteiger charge is -2.58. The molecule has 2 fully saturated rings. The molecule has 2 aliphatic carbocycles. The molecule has 118 valence electrons. The summed E-state index contributed by atoms with van der Waals surface area (Å²) < 4.78 is 20.7. The zero-order valence-corrected chi connectivity index (χ0v) is 13.1. The molecular weight excluding hydrogens is 281 g/mol. The molecule has 4 aliphatic rings. The van der Waals surface area contributed by atoms with Crippen LogP contribution in [0.5, 0.6) is 5.75 Å². The number of piperidine rings is 1. The smallest absolute Gasteiger partial charge is 0.137 e. The largest absolute Gasteiger partial charge is 0.486 e. The van der Waals surface area contributed by atoms with Crippen molar-refractivity contribution in [3.8, 4) is 5.75 Å². The summed E-state index contributed by atoms with van der Waals surface area (Å²) in [6.07, 6.45) is -0.186. The summed E-state index contributed by atoms with van der Waals surface area (Å²) in [6, 6.07) is 4.70. The molecule has 2 bridgehead atoms. The van der Waals surface area contributed by atoms with Crippen LogP contribution in [0.15, 0.2) is 12.1 Å². The zero-order valence-electron chi connectivity index (χ0n) is 13.1. The van der Waals surface area contributed by atoms with E-state index in [9.17, 15) is 9.50 Å². The molecule has 1 aromatic carbocycles. The van der Waals surface area contributed by atoms with Gasteiger partial charge in [-0.2, -0.15) is 0 Å². The molecule has 1 saturated carbocycles. The molecule has 6 atom stereocenters. The van der Waals surface area contributed by atoms with Crippen molar-refractivity contribution in [3.63, 3.8) is 0 Å². The number of alkyl halides is 1. The lowest BCUT2D eigenvalue weighted by molar-refractivity contribution is -0.131. The van der Waals surface area contributed by atoms with Gasteiger partial charge >= 0.3 is 0 Å². The Balaban J connectivity index is 1.80. The second kappa shape index (κ2) is 4.04. The molecule has 2 aliphatic heterocycles. The van der Waals surface area contributed by atoms with Crippen molar-refractivity contribution < 1.29 is 14.2 Å². The van der Waals surface area contributed by atoms with Crippen LogP contribution >= 0.6 is 0 Å². The van der Waals surface area contributed by atoms with Gasteiger partial charge in [0.15, 0.2) is 0 Å². The Labute approximate surface area is 130 Å². The molecule has 5 rings (SSSR count). The average Bonchev–Trinajstić information content (AvgIpc) is 2.84. The first-order valence-electron chi connectivity index (χ1n) is 8.36. The van der Waals surface area contributed by atoms with Gasteiger partial charge in [0, 0.05) is 17.0 Å². The van der Waals surface area contributed by atoms with E-state index in [1.54, 1.807) is 0 Å². The van der Waals surface area contributed by atoms with Crippen LogP contribution in [0.3, 0.4) is 0 Å². The Morgan fingerprint density at radius 2 is 2.23 bits per heavy atom. The van der Waals surface area contributed by atoms with Gasteiger partial charge in [0.1, 0.15) is 24.1 Å². The number of aliphatic hydroxyl groups is 1. The summed E-state index contributed by atoms with van der Waals surface area (Å²) in [5.74, 6) is 1.19. The summed E-state index contributed by atoms with van der Waals surface area (Å²) in [6.45, 7) is 3.05. The molecule has 1 aromatic rings. The lowest BCUT2D eigenvalue weighted by atomic mass is 9.51. The highest BCUT2D eigenvalue weighted by molar-refractivity contribution is 5.58. The molecule has 1 N–H and O–H groups in total. The van der Waals surface area contributed by atoms with Gasteiger partial charge in [-0.25, -0.2) is 4.39 Å². The van der Waals surface area contributed by atoms with Crippen molar-refractivity contribution in [2.45, 2.75) is 56.0 Å². The fourth-order valence-corrected chi connectivity index (χ4v) is 5.80. The number of rotatable bonds is 0. The minimum Gasteiger partial charge on any atom is -0.486 e. The highest BCUT2D eigenvalue weighted by Gasteiger charge is 2.67. The van der Waals surface area contributed by atoms with Gasteiger partial charge in [-0.3, -0.25) is 0 Å². The van der Waals surface area contributed by atoms with Crippen LogP contribution in [0.25, 0.3) is 0 Å². The summed E-state index contributed by atoms with van der Waals surface area (Å²) in [5, 5.41) is 10.5. The van der Waals surface area contributed by atoms with Crippen molar-refractivity contribution >= 4 is 0 Å². The first kappa shape index (κ1) is 13.3. The molecule has 0 radical (unpaired) electrons. The maximum Gasteiger partial charge on any atom is 0.137 e. The summed E-state index contributed by atoms with van der Waals surface area (Å²) in [4.78, 5) is 2.39. The minimum atomic E-state index is -1.17. The second-order valence-electron chi connectivity index (χ2n) is 7.68. The molecule has 0 aromatic heterocycles. The number of aryl methyl sites for hydroxylation is 1. The average molecular weight is 303 g/mol. The molecule has 1 saturated heterocycles. The number of nitrogens with zero attached hydrogens (tertiary/aromatic N) is 1. The predicted octanol–water partition coefficient (Wildman–Crippen LogP) is 1.97. The van der Waals surface area contributed by atoms with Gasteiger partial charge < -0.3 is 14.7 Å². The SMILES string of the molecule is Cc1ccc2c3c1O[C@H]1C(O)[C@H](F)C[C@H]4[C@@H](C2)N(C)CC[C@]314. The lowest BCUT2D eigenvalue weighted by Crippen LogP contribution is -2.68. The van der Waals surface area contributed by atoms with Gasteiger partial charge in [-0.05, 0) is 56.8 Å². The number of benzene rings is 1. The molecule has 22 heavy (non-hydrogen) atoms. The molecule has 3 nitrogen and oxygen atoms in total. The second-order valence-corrected chi connectivity index (χ2v) is 7.68. The van der Waals surface area contributed by atoms with E-state index >= 15 is 0 Å². The number of hydrogen-bond donors (Lipinski definition) is 1. The number of likely N-dealkylation sites (N-methyl/N-ethyl adjacent to an activating group) is 1. The van der Waals surface area contributed by atoms with Crippen LogP contribution in [-0.2, 0) is 11.8 Å². The van der Waals surface area contributed by atoms with E-state index in [-0.39, 0.29) is 11.3 Å². The number of aliphatic hydroxyl groups excluding tert-OH is 1. The maximum atomic E-state index is 14.5. The van der Waals surface area contributed by atoms with E-state index in [0.29, 0.717) is 12.5 Å². The zero-order chi connectivity index (χ0) is 15.2. The number of likely N-dealkylation sites (tertiary alicyclic amines) is 1. The Morgan fingerprint density at radius 3 is 3.05 bits per heavy atom. The van der Waals surface area contributed by atoms with Crippen molar-refractivity contribution in [3.05, 3.63) is 28.8 Å². The summed E-state index contributed by atoms with van der Waals surface area (Å²) >= 11 is 0. The molecule has 4 heteroatoms. The highest BCUT2D eigenvalue weighted by Crippen LogP contribution is 2.62. The van der Waals surface area contributed by atoms with Crippen LogP contribution in [0.1, 0.15) is 29.5 Å². The van der Waals surface area contributed by atoms with Crippen LogP contribution in [0.2, 0.25) is 0 Å². The third-order valence-electron chi connectivity index (χ3n) is 6.82. The Morgan fingerprint density at radius 1 is 1.41 bits per heavy atom. The van der Waals surface area contributed by atoms with Crippen molar-refractivity contribution in [2.75, 3.05) is 13.6 Å². The quantitative estimate of drug-likeness (QED) is 0.795. The Bertz CT molecular complexity index is 663. The third kappa shape index (κ3) is 1.31. The van der Waals surface area contributed by atoms with E-state index in [4.69, 9.17) is 4.74 Å². The molecule has 1 spiro atoms. The van der Waals surface area contributed by atoms with E-state index in [0.717, 1.165) is 30.7 Å². The number of hydrogen-bond acceptors (Lipinski definition) is 3. The first-order chi connectivity index (χ1) is 10.5. The number of ether oxygens (including phenoxy) is 1. The third-order valence-corrected chi connectivity index (χ3v) is 6.82. The van der Waals surface area contributed by atoms with Gasteiger partial charge in [-0.15, -0.1) is 0 Å². The highest BCUT2D eigenvalue weighted by atomic mass is 19.1. The summed E-state index contributed by atoms with van der Waals surface area (Å²) in [5.41, 5.74) is 3.59. The van der Waals surface area contributed by atoms with Gasteiger partial charge in [0.05, 0.1) is 0 Å². The molecular formula is C18H22FNO2. The fourth-order valence-electron chi connectivity index (χ4n) is 5.80. The van der Waals surface area contributed by atoms with Gasteiger partial charge in [0.2, 0.25) is 0 Å². The van der Waals surface area contributed by atoms with Crippen LogP contribution < -0.4 is 4.74 Å². The van der Waals surface area contributed by atoms with Gasteiger partial charge in [-0.1, -0.05) is 12.1 Å². The Kier molecular flexibility index (Phi) is 2.44. The van der Waals surface area contributed by atoms with E-state index in [1.807, 2.05) is 0 Å². The molecule has 0 amide bonds. The van der Waals surface area contributed by atoms with Crippen molar-refractivity contribution in [2.24, 2.45) is 5.92 Å². The van der Waals surface area contributed by atoms with Crippen molar-refractivity contribution in [1.82, 2.24) is 4.90 Å². The van der Waals surface area contributed by atoms with Crippen molar-refractivity contribution in [1.29, 1.82) is 0 Å². The van der Waals surface area contributed by atoms with E-state index < -0.39 is 18.4 Å². The van der Waals surface area contributed by atoms with Crippen LogP contribution in [-0.4, -0.2) is 48.0 Å². The molecule has 2 heterocycles. The number of halogens is 1. The summed E-state index contributed by atoms with van der Waals surface area (Å²) in [7, 11) is 2.15. The van der Waals surface area contributed by atoms with Crippen LogP contribution in [0.4, 0.5) is 4.39 Å². The van der Waals surface area contributed by atoms with Crippen LogP contribution in [0, 0.1) is 12.8 Å². The van der Waals surface area contributed by atoms with E-state index in [2.05, 4.69) is 31.0 Å². The fraction of sp³-hybridized carbons (Fsp3) is 0.667. The Hall–Kier alpha value is -1.13. The minimum absolute atomic E-state index is 0.173. The monoisotopic (exact) mass is 303 g/mol. The first-order valence-corrected chi connectivity index (χ1v) is 8.36. The van der Waals surface area contributed by atoms with E-state index in [1.165, 1.54) is 11.1 Å². The standard InChI is InChI=1S/C18H22FNO2/c1-9-3-4-10-7-13-11-8-12(19)15(21)17-18(11,5-6-20(13)2)14(10)16(9)22-17/h3-4,11-13,15,17,21H,5-8H2,1-2H3/t11-,12+,13+,15?,17-,18-/m0/s1. The maximum absolute atomic E-state index is 14.5. The topological polar surface area (TPSA) is 32.7 Å². The normalized spacial score (nSPS) is 45.4. The predicted molar refractivity (Wildman–Crippen MR) is 81.0 cm³/mol. The molecule has 1 unspecified atom stereocenters.